The molecule has 1 aliphatic heterocycles. The van der Waals surface area contributed by atoms with Crippen molar-refractivity contribution in [1.82, 2.24) is 10.2 Å². The predicted octanol–water partition coefficient (Wildman–Crippen LogP) is 4.29. The molecule has 1 aromatic rings. The lowest BCUT2D eigenvalue weighted by atomic mass is 9.90. The van der Waals surface area contributed by atoms with Gasteiger partial charge in [-0.2, -0.15) is 0 Å². The van der Waals surface area contributed by atoms with Gasteiger partial charge in [0.15, 0.2) is 0 Å². The van der Waals surface area contributed by atoms with Gasteiger partial charge in [0.2, 0.25) is 5.91 Å². The average Bonchev–Trinajstić information content (AvgIpc) is 3.34. The standard InChI is InChI=1S/C18H24Cl2N2O.ClH/c1-21-10-5-13-6-11-22(12-7-13)17(23)18(8-9-18)16-14(19)3-2-4-15(16)20;/h2-4,13,21H,5-12H2,1H3;1H. The van der Waals surface area contributed by atoms with E-state index in [2.05, 4.69) is 5.32 Å². The van der Waals surface area contributed by atoms with Crippen LogP contribution < -0.4 is 5.32 Å². The minimum absolute atomic E-state index is 0. The Morgan fingerprint density at radius 1 is 1.25 bits per heavy atom. The average molecular weight is 392 g/mol. The molecule has 134 valence electrons. The van der Waals surface area contributed by atoms with Gasteiger partial charge in [0.05, 0.1) is 5.41 Å². The van der Waals surface area contributed by atoms with Gasteiger partial charge >= 0.3 is 0 Å². The molecule has 0 bridgehead atoms. The summed E-state index contributed by atoms with van der Waals surface area (Å²) in [5.74, 6) is 0.949. The number of hydrogen-bond donors (Lipinski definition) is 1. The smallest absolute Gasteiger partial charge is 0.233 e. The van der Waals surface area contributed by atoms with Crippen LogP contribution in [0.2, 0.25) is 10.0 Å². The van der Waals surface area contributed by atoms with E-state index >= 15 is 0 Å². The van der Waals surface area contributed by atoms with Gasteiger partial charge in [-0.15, -0.1) is 12.4 Å². The summed E-state index contributed by atoms with van der Waals surface area (Å²) in [5, 5.41) is 4.44. The maximum absolute atomic E-state index is 13.1. The van der Waals surface area contributed by atoms with Crippen LogP contribution in [0.4, 0.5) is 0 Å². The molecule has 2 fully saturated rings. The van der Waals surface area contributed by atoms with Crippen LogP contribution in [-0.2, 0) is 10.2 Å². The van der Waals surface area contributed by atoms with Crippen molar-refractivity contribution < 1.29 is 4.79 Å². The first-order valence-corrected chi connectivity index (χ1v) is 9.22. The van der Waals surface area contributed by atoms with Gasteiger partial charge < -0.3 is 10.2 Å². The number of nitrogens with zero attached hydrogens (tertiary/aromatic N) is 1. The SMILES string of the molecule is CNCCC1CCN(C(=O)C2(c3c(Cl)cccc3Cl)CC2)CC1.Cl. The number of piperidine rings is 1. The second-order valence-corrected chi connectivity index (χ2v) is 7.62. The third kappa shape index (κ3) is 3.85. The van der Waals surface area contributed by atoms with Crippen LogP contribution in [0.25, 0.3) is 0 Å². The number of rotatable bonds is 5. The maximum Gasteiger partial charge on any atom is 0.233 e. The molecule has 0 radical (unpaired) electrons. The summed E-state index contributed by atoms with van der Waals surface area (Å²) in [6.07, 6.45) is 5.10. The zero-order valence-electron chi connectivity index (χ0n) is 14.0. The highest BCUT2D eigenvalue weighted by molar-refractivity contribution is 6.36. The van der Waals surface area contributed by atoms with E-state index in [1.165, 1.54) is 6.42 Å². The Morgan fingerprint density at radius 2 is 1.83 bits per heavy atom. The van der Waals surface area contributed by atoms with E-state index in [9.17, 15) is 4.79 Å². The number of halogens is 3. The first kappa shape index (κ1) is 19.8. The molecule has 24 heavy (non-hydrogen) atoms. The number of benzene rings is 1. The van der Waals surface area contributed by atoms with Crippen LogP contribution in [0.3, 0.4) is 0 Å². The zero-order valence-corrected chi connectivity index (χ0v) is 16.3. The largest absolute Gasteiger partial charge is 0.342 e. The highest BCUT2D eigenvalue weighted by Crippen LogP contribution is 2.54. The monoisotopic (exact) mass is 390 g/mol. The fraction of sp³-hybridized carbons (Fsp3) is 0.611. The Labute approximate surface area is 160 Å². The molecule has 1 saturated carbocycles. The number of carbonyl (C=O) groups is 1. The third-order valence-corrected chi connectivity index (χ3v) is 5.93. The summed E-state index contributed by atoms with van der Waals surface area (Å²) in [4.78, 5) is 15.1. The van der Waals surface area contributed by atoms with Crippen molar-refractivity contribution >= 4 is 41.5 Å². The van der Waals surface area contributed by atoms with E-state index in [-0.39, 0.29) is 18.3 Å². The zero-order chi connectivity index (χ0) is 16.4. The molecule has 1 aliphatic carbocycles. The second-order valence-electron chi connectivity index (χ2n) is 6.81. The lowest BCUT2D eigenvalue weighted by molar-refractivity contribution is -0.135. The Balaban J connectivity index is 0.00000208. The summed E-state index contributed by atoms with van der Waals surface area (Å²) in [6.45, 7) is 2.77. The van der Waals surface area contributed by atoms with Crippen LogP contribution in [-0.4, -0.2) is 37.5 Å². The molecule has 1 amide bonds. The molecular weight excluding hydrogens is 367 g/mol. The van der Waals surface area contributed by atoms with E-state index in [0.29, 0.717) is 10.0 Å². The second kappa shape index (κ2) is 8.27. The topological polar surface area (TPSA) is 32.3 Å². The lowest BCUT2D eigenvalue weighted by Gasteiger charge is -2.35. The highest BCUT2D eigenvalue weighted by Gasteiger charge is 2.55. The van der Waals surface area contributed by atoms with E-state index < -0.39 is 5.41 Å². The quantitative estimate of drug-likeness (QED) is 0.812. The summed E-state index contributed by atoms with van der Waals surface area (Å²) in [7, 11) is 1.99. The minimum Gasteiger partial charge on any atom is -0.342 e. The van der Waals surface area contributed by atoms with Crippen molar-refractivity contribution in [2.75, 3.05) is 26.7 Å². The Morgan fingerprint density at radius 3 is 2.33 bits per heavy atom. The fourth-order valence-electron chi connectivity index (χ4n) is 3.73. The number of nitrogens with one attached hydrogen (secondary N) is 1. The number of amides is 1. The van der Waals surface area contributed by atoms with Crippen molar-refractivity contribution in [2.45, 2.75) is 37.5 Å². The van der Waals surface area contributed by atoms with E-state index in [1.54, 1.807) is 0 Å². The van der Waals surface area contributed by atoms with Gasteiger partial charge in [0.1, 0.15) is 0 Å². The van der Waals surface area contributed by atoms with Gasteiger partial charge in [-0.3, -0.25) is 4.79 Å². The molecule has 0 atom stereocenters. The van der Waals surface area contributed by atoms with Gasteiger partial charge in [-0.25, -0.2) is 0 Å². The molecule has 3 nitrogen and oxygen atoms in total. The molecule has 1 N–H and O–H groups in total. The van der Waals surface area contributed by atoms with Crippen molar-refractivity contribution in [2.24, 2.45) is 5.92 Å². The molecule has 1 saturated heterocycles. The molecule has 0 aromatic heterocycles. The van der Waals surface area contributed by atoms with Crippen molar-refractivity contribution in [3.63, 3.8) is 0 Å². The van der Waals surface area contributed by atoms with Gasteiger partial charge in [0, 0.05) is 28.7 Å². The first-order valence-electron chi connectivity index (χ1n) is 8.47. The lowest BCUT2D eigenvalue weighted by Crippen LogP contribution is -2.44. The molecule has 3 rings (SSSR count). The Hall–Kier alpha value is -0.480. The Bertz CT molecular complexity index is 561. The van der Waals surface area contributed by atoms with Crippen molar-refractivity contribution in [1.29, 1.82) is 0 Å². The van der Waals surface area contributed by atoms with Crippen molar-refractivity contribution in [3.05, 3.63) is 33.8 Å². The van der Waals surface area contributed by atoms with Crippen LogP contribution in [0.5, 0.6) is 0 Å². The summed E-state index contributed by atoms with van der Waals surface area (Å²) >= 11 is 12.7. The fourth-order valence-corrected chi connectivity index (χ4v) is 4.49. The van der Waals surface area contributed by atoms with Gasteiger partial charge in [-0.05, 0) is 63.7 Å². The van der Waals surface area contributed by atoms with Crippen LogP contribution in [0, 0.1) is 5.92 Å². The van der Waals surface area contributed by atoms with Gasteiger partial charge in [-0.1, -0.05) is 29.3 Å². The number of likely N-dealkylation sites (tertiary alicyclic amines) is 1. The third-order valence-electron chi connectivity index (χ3n) is 5.31. The molecule has 6 heteroatoms. The normalized spacial score (nSPS) is 19.7. The molecule has 0 unspecified atom stereocenters. The summed E-state index contributed by atoms with van der Waals surface area (Å²) in [6, 6.07) is 5.50. The van der Waals surface area contributed by atoms with Gasteiger partial charge in [0.25, 0.3) is 0 Å². The first-order chi connectivity index (χ1) is 11.1. The number of hydrogen-bond acceptors (Lipinski definition) is 2. The van der Waals surface area contributed by atoms with E-state index in [1.807, 2.05) is 30.1 Å². The van der Waals surface area contributed by atoms with Crippen LogP contribution in [0.1, 0.15) is 37.7 Å². The molecular formula is C18H25Cl3N2O. The number of carbonyl (C=O) groups excluding carboxylic acids is 1. The minimum atomic E-state index is -0.465. The summed E-state index contributed by atoms with van der Waals surface area (Å²) < 4.78 is 0. The Kier molecular flexibility index (Phi) is 6.83. The maximum atomic E-state index is 13.1. The highest BCUT2D eigenvalue weighted by atomic mass is 35.5. The van der Waals surface area contributed by atoms with Crippen molar-refractivity contribution in [3.8, 4) is 0 Å². The van der Waals surface area contributed by atoms with Crippen LogP contribution in [0.15, 0.2) is 18.2 Å². The molecule has 2 aliphatic rings. The van der Waals surface area contributed by atoms with E-state index in [0.717, 1.165) is 56.8 Å². The predicted molar refractivity (Wildman–Crippen MR) is 102 cm³/mol. The molecule has 1 heterocycles. The molecule has 1 aromatic carbocycles. The van der Waals surface area contributed by atoms with Crippen LogP contribution >= 0.6 is 35.6 Å². The molecule has 0 spiro atoms. The van der Waals surface area contributed by atoms with E-state index in [4.69, 9.17) is 23.2 Å². The summed E-state index contributed by atoms with van der Waals surface area (Å²) in [5.41, 5.74) is 0.374.